The highest BCUT2D eigenvalue weighted by atomic mass is 35.5. The van der Waals surface area contributed by atoms with Crippen LogP contribution >= 0.6 is 12.4 Å². The van der Waals surface area contributed by atoms with Crippen molar-refractivity contribution in [2.24, 2.45) is 23.5 Å². The molecule has 2 unspecified atom stereocenters. The summed E-state index contributed by atoms with van der Waals surface area (Å²) in [5.74, 6) is 1.65. The van der Waals surface area contributed by atoms with Gasteiger partial charge in [0.05, 0.1) is 0 Å². The van der Waals surface area contributed by atoms with E-state index in [-0.39, 0.29) is 30.3 Å². The summed E-state index contributed by atoms with van der Waals surface area (Å²) in [6.45, 7) is 4.04. The third-order valence-electron chi connectivity index (χ3n) is 4.21. The van der Waals surface area contributed by atoms with E-state index in [1.807, 2.05) is 13.8 Å². The molecule has 0 aromatic heterocycles. The van der Waals surface area contributed by atoms with Crippen molar-refractivity contribution in [3.63, 3.8) is 0 Å². The van der Waals surface area contributed by atoms with Crippen LogP contribution in [-0.4, -0.2) is 18.0 Å². The summed E-state index contributed by atoms with van der Waals surface area (Å²) in [4.78, 5) is 12.0. The van der Waals surface area contributed by atoms with Gasteiger partial charge in [0.2, 0.25) is 5.91 Å². The molecular formula is C13H25ClN2O. The molecule has 0 aromatic rings. The zero-order chi connectivity index (χ0) is 11.7. The Morgan fingerprint density at radius 2 is 1.76 bits per heavy atom. The van der Waals surface area contributed by atoms with Crippen LogP contribution in [0.15, 0.2) is 0 Å². The molecule has 0 aliphatic heterocycles. The van der Waals surface area contributed by atoms with E-state index in [2.05, 4.69) is 5.32 Å². The topological polar surface area (TPSA) is 55.1 Å². The Morgan fingerprint density at radius 1 is 1.24 bits per heavy atom. The quantitative estimate of drug-likeness (QED) is 0.799. The molecule has 1 amide bonds. The highest BCUT2D eigenvalue weighted by Gasteiger charge is 2.40. The first kappa shape index (κ1) is 14.8. The van der Waals surface area contributed by atoms with E-state index >= 15 is 0 Å². The van der Waals surface area contributed by atoms with Gasteiger partial charge in [0.1, 0.15) is 0 Å². The second-order valence-corrected chi connectivity index (χ2v) is 5.86. The lowest BCUT2D eigenvalue weighted by atomic mass is 9.65. The van der Waals surface area contributed by atoms with E-state index in [9.17, 15) is 4.79 Å². The normalized spacial score (nSPS) is 36.2. The molecule has 2 atom stereocenters. The van der Waals surface area contributed by atoms with Crippen molar-refractivity contribution in [2.75, 3.05) is 0 Å². The van der Waals surface area contributed by atoms with Gasteiger partial charge >= 0.3 is 0 Å². The fourth-order valence-corrected chi connectivity index (χ4v) is 3.41. The Balaban J connectivity index is 0.00000144. The lowest BCUT2D eigenvalue weighted by Gasteiger charge is -2.43. The van der Waals surface area contributed by atoms with Crippen LogP contribution in [0.5, 0.6) is 0 Å². The molecule has 0 spiro atoms. The predicted molar refractivity (Wildman–Crippen MR) is 72.1 cm³/mol. The number of halogens is 1. The SMILES string of the molecule is CC(C)NC(=O)C1CC2CCCC(C1)C2N.Cl. The van der Waals surface area contributed by atoms with Crippen LogP contribution in [0.25, 0.3) is 0 Å². The van der Waals surface area contributed by atoms with Crippen molar-refractivity contribution >= 4 is 18.3 Å². The first-order valence-corrected chi connectivity index (χ1v) is 6.64. The average molecular weight is 261 g/mol. The molecular weight excluding hydrogens is 236 g/mol. The van der Waals surface area contributed by atoms with Crippen LogP contribution < -0.4 is 11.1 Å². The van der Waals surface area contributed by atoms with Crippen molar-refractivity contribution < 1.29 is 4.79 Å². The van der Waals surface area contributed by atoms with Gasteiger partial charge in [-0.05, 0) is 51.4 Å². The number of carbonyl (C=O) groups is 1. The fourth-order valence-electron chi connectivity index (χ4n) is 3.41. The van der Waals surface area contributed by atoms with E-state index in [4.69, 9.17) is 5.73 Å². The summed E-state index contributed by atoms with van der Waals surface area (Å²) < 4.78 is 0. The third-order valence-corrected chi connectivity index (χ3v) is 4.21. The van der Waals surface area contributed by atoms with Crippen LogP contribution in [0.4, 0.5) is 0 Å². The number of nitrogens with one attached hydrogen (secondary N) is 1. The van der Waals surface area contributed by atoms with Gasteiger partial charge in [-0.25, -0.2) is 0 Å². The molecule has 0 aromatic carbocycles. The first-order chi connectivity index (χ1) is 7.58. The van der Waals surface area contributed by atoms with Crippen molar-refractivity contribution in [3.05, 3.63) is 0 Å². The molecule has 17 heavy (non-hydrogen) atoms. The minimum Gasteiger partial charge on any atom is -0.354 e. The Morgan fingerprint density at radius 3 is 2.24 bits per heavy atom. The summed E-state index contributed by atoms with van der Waals surface area (Å²) in [5.41, 5.74) is 6.22. The molecule has 0 radical (unpaired) electrons. The largest absolute Gasteiger partial charge is 0.354 e. The van der Waals surface area contributed by atoms with Gasteiger partial charge in [-0.15, -0.1) is 12.4 Å². The van der Waals surface area contributed by atoms with E-state index in [0.717, 1.165) is 12.8 Å². The molecule has 0 heterocycles. The van der Waals surface area contributed by atoms with Gasteiger partial charge in [0.15, 0.2) is 0 Å². The molecule has 3 nitrogen and oxygen atoms in total. The monoisotopic (exact) mass is 260 g/mol. The lowest BCUT2D eigenvalue weighted by Crippen LogP contribution is -2.49. The first-order valence-electron chi connectivity index (χ1n) is 6.64. The summed E-state index contributed by atoms with van der Waals surface area (Å²) in [6.07, 6.45) is 5.78. The maximum atomic E-state index is 12.0. The van der Waals surface area contributed by atoms with Crippen molar-refractivity contribution in [3.8, 4) is 0 Å². The lowest BCUT2D eigenvalue weighted by molar-refractivity contribution is -0.128. The van der Waals surface area contributed by atoms with Gasteiger partial charge < -0.3 is 11.1 Å². The summed E-state index contributed by atoms with van der Waals surface area (Å²) >= 11 is 0. The van der Waals surface area contributed by atoms with E-state index < -0.39 is 0 Å². The van der Waals surface area contributed by atoms with Gasteiger partial charge in [0.25, 0.3) is 0 Å². The Labute approximate surface area is 110 Å². The molecule has 2 saturated carbocycles. The predicted octanol–water partition coefficient (Wildman–Crippen LogP) is 2.09. The van der Waals surface area contributed by atoms with Crippen LogP contribution in [-0.2, 0) is 4.79 Å². The molecule has 2 rings (SSSR count). The summed E-state index contributed by atoms with van der Waals surface area (Å²) in [5, 5.41) is 3.04. The van der Waals surface area contributed by atoms with Crippen molar-refractivity contribution in [2.45, 2.75) is 58.0 Å². The zero-order valence-corrected chi connectivity index (χ0v) is 11.6. The summed E-state index contributed by atoms with van der Waals surface area (Å²) in [6, 6.07) is 0.611. The van der Waals surface area contributed by atoms with Crippen LogP contribution in [0.3, 0.4) is 0 Å². The Bertz CT molecular complexity index is 256. The standard InChI is InChI=1S/C13H24N2O.ClH/c1-8(2)15-13(16)11-6-9-4-3-5-10(7-11)12(9)14;/h8-12H,3-7,14H2,1-2H3,(H,15,16);1H. The number of hydrogen-bond donors (Lipinski definition) is 2. The fraction of sp³-hybridized carbons (Fsp3) is 0.923. The van der Waals surface area contributed by atoms with Crippen molar-refractivity contribution in [1.29, 1.82) is 0 Å². The minimum atomic E-state index is 0. The van der Waals surface area contributed by atoms with Crippen LogP contribution in [0.1, 0.15) is 46.0 Å². The second-order valence-electron chi connectivity index (χ2n) is 5.86. The Kier molecular flexibility index (Phi) is 5.26. The summed E-state index contributed by atoms with van der Waals surface area (Å²) in [7, 11) is 0. The number of rotatable bonds is 2. The number of carbonyl (C=O) groups excluding carboxylic acids is 1. The molecule has 2 aliphatic carbocycles. The average Bonchev–Trinajstić information content (AvgIpc) is 2.15. The molecule has 2 aliphatic rings. The maximum absolute atomic E-state index is 12.0. The second kappa shape index (κ2) is 6.05. The van der Waals surface area contributed by atoms with E-state index in [1.54, 1.807) is 0 Å². The number of hydrogen-bond acceptors (Lipinski definition) is 2. The molecule has 0 saturated heterocycles. The van der Waals surface area contributed by atoms with Crippen LogP contribution in [0.2, 0.25) is 0 Å². The number of amides is 1. The van der Waals surface area contributed by atoms with E-state index in [1.165, 1.54) is 19.3 Å². The van der Waals surface area contributed by atoms with Gasteiger partial charge in [-0.1, -0.05) is 6.42 Å². The zero-order valence-electron chi connectivity index (χ0n) is 10.8. The smallest absolute Gasteiger partial charge is 0.223 e. The van der Waals surface area contributed by atoms with Crippen molar-refractivity contribution in [1.82, 2.24) is 5.32 Å². The van der Waals surface area contributed by atoms with Gasteiger partial charge in [-0.3, -0.25) is 4.79 Å². The van der Waals surface area contributed by atoms with Crippen LogP contribution in [0, 0.1) is 17.8 Å². The number of fused-ring (bicyclic) bond motifs is 2. The van der Waals surface area contributed by atoms with E-state index in [0.29, 0.717) is 17.9 Å². The highest BCUT2D eigenvalue weighted by Crippen LogP contribution is 2.41. The maximum Gasteiger partial charge on any atom is 0.223 e. The third kappa shape index (κ3) is 3.35. The number of nitrogens with two attached hydrogens (primary N) is 1. The molecule has 2 bridgehead atoms. The molecule has 4 heteroatoms. The Hall–Kier alpha value is -0.280. The highest BCUT2D eigenvalue weighted by molar-refractivity contribution is 5.85. The minimum absolute atomic E-state index is 0. The van der Waals surface area contributed by atoms with Gasteiger partial charge in [-0.2, -0.15) is 0 Å². The molecule has 100 valence electrons. The molecule has 2 fully saturated rings. The van der Waals surface area contributed by atoms with Gasteiger partial charge in [0, 0.05) is 18.0 Å². The molecule has 3 N–H and O–H groups in total.